The molecule has 0 saturated heterocycles. The number of benzene rings is 1. The number of urea groups is 1. The maximum Gasteiger partial charge on any atom is 0.337 e. The molecule has 102 valence electrons. The summed E-state index contributed by atoms with van der Waals surface area (Å²) in [6.07, 6.45) is 2.82. The number of nitrogens with one attached hydrogen (secondary N) is 2. The Kier molecular flexibility index (Phi) is 3.42. The van der Waals surface area contributed by atoms with Crippen molar-refractivity contribution in [1.29, 1.82) is 0 Å². The van der Waals surface area contributed by atoms with Crippen molar-refractivity contribution in [2.45, 2.75) is 31.7 Å². The average Bonchev–Trinajstić information content (AvgIpc) is 2.26. The zero-order chi connectivity index (χ0) is 14.0. The SMILES string of the molecule is CC1(NC(=O)Nc2cc(F)ccc2C(=O)O)CCC1. The second-order valence-electron chi connectivity index (χ2n) is 4.99. The number of carbonyl (C=O) groups is 2. The predicted octanol–water partition coefficient (Wildman–Crippen LogP) is 2.59. The molecule has 0 aromatic heterocycles. The van der Waals surface area contributed by atoms with Gasteiger partial charge in [-0.3, -0.25) is 0 Å². The third-order valence-electron chi connectivity index (χ3n) is 3.33. The molecule has 1 aromatic carbocycles. The molecule has 5 nitrogen and oxygen atoms in total. The highest BCUT2D eigenvalue weighted by molar-refractivity contribution is 6.00. The van der Waals surface area contributed by atoms with Crippen LogP contribution in [0.5, 0.6) is 0 Å². The number of carbonyl (C=O) groups excluding carboxylic acids is 1. The van der Waals surface area contributed by atoms with E-state index in [0.717, 1.165) is 37.5 Å². The first-order chi connectivity index (χ1) is 8.89. The Balaban J connectivity index is 2.11. The summed E-state index contributed by atoms with van der Waals surface area (Å²) in [6.45, 7) is 1.92. The van der Waals surface area contributed by atoms with Crippen molar-refractivity contribution >= 4 is 17.7 Å². The zero-order valence-electron chi connectivity index (χ0n) is 10.5. The van der Waals surface area contributed by atoms with Gasteiger partial charge < -0.3 is 15.7 Å². The van der Waals surface area contributed by atoms with E-state index in [1.807, 2.05) is 6.92 Å². The van der Waals surface area contributed by atoms with Gasteiger partial charge in [-0.2, -0.15) is 0 Å². The summed E-state index contributed by atoms with van der Waals surface area (Å²) in [5.74, 6) is -1.82. The number of amides is 2. The van der Waals surface area contributed by atoms with Crippen molar-refractivity contribution < 1.29 is 19.1 Å². The number of hydrogen-bond acceptors (Lipinski definition) is 2. The molecule has 0 radical (unpaired) electrons. The van der Waals surface area contributed by atoms with E-state index in [1.165, 1.54) is 0 Å². The minimum absolute atomic E-state index is 0.0482. The summed E-state index contributed by atoms with van der Waals surface area (Å²) >= 11 is 0. The first-order valence-corrected chi connectivity index (χ1v) is 6.02. The fourth-order valence-corrected chi connectivity index (χ4v) is 2.07. The van der Waals surface area contributed by atoms with Gasteiger partial charge >= 0.3 is 12.0 Å². The molecule has 1 saturated carbocycles. The van der Waals surface area contributed by atoms with E-state index in [0.29, 0.717) is 0 Å². The summed E-state index contributed by atoms with van der Waals surface area (Å²) in [5.41, 5.74) is -0.441. The molecule has 2 amide bonds. The Labute approximate surface area is 109 Å². The third kappa shape index (κ3) is 3.01. The van der Waals surface area contributed by atoms with Crippen molar-refractivity contribution in [2.24, 2.45) is 0 Å². The normalized spacial score (nSPS) is 16.3. The van der Waals surface area contributed by atoms with Crippen LogP contribution < -0.4 is 10.6 Å². The van der Waals surface area contributed by atoms with Crippen LogP contribution in [-0.2, 0) is 0 Å². The van der Waals surface area contributed by atoms with Gasteiger partial charge in [-0.1, -0.05) is 0 Å². The van der Waals surface area contributed by atoms with Crippen molar-refractivity contribution in [1.82, 2.24) is 5.32 Å². The summed E-state index contributed by atoms with van der Waals surface area (Å²) in [4.78, 5) is 22.7. The maximum absolute atomic E-state index is 13.1. The summed E-state index contributed by atoms with van der Waals surface area (Å²) in [7, 11) is 0. The largest absolute Gasteiger partial charge is 0.478 e. The van der Waals surface area contributed by atoms with Crippen LogP contribution in [0.15, 0.2) is 18.2 Å². The lowest BCUT2D eigenvalue weighted by atomic mass is 9.79. The summed E-state index contributed by atoms with van der Waals surface area (Å²) in [6, 6.07) is 2.64. The van der Waals surface area contributed by atoms with Gasteiger partial charge in [0.15, 0.2) is 0 Å². The molecule has 1 aromatic rings. The zero-order valence-corrected chi connectivity index (χ0v) is 10.5. The highest BCUT2D eigenvalue weighted by Crippen LogP contribution is 2.31. The first kappa shape index (κ1) is 13.3. The summed E-state index contributed by atoms with van der Waals surface area (Å²) < 4.78 is 13.1. The topological polar surface area (TPSA) is 78.4 Å². The Bertz CT molecular complexity index is 527. The molecule has 3 N–H and O–H groups in total. The van der Waals surface area contributed by atoms with Gasteiger partial charge in [0.1, 0.15) is 5.82 Å². The number of carboxylic acids is 1. The molecule has 0 unspecified atom stereocenters. The monoisotopic (exact) mass is 266 g/mol. The van der Waals surface area contributed by atoms with Crippen LogP contribution in [-0.4, -0.2) is 22.6 Å². The molecule has 1 aliphatic rings. The number of rotatable bonds is 3. The molecular formula is C13H15FN2O3. The molecular weight excluding hydrogens is 251 g/mol. The van der Waals surface area contributed by atoms with Crippen molar-refractivity contribution in [3.05, 3.63) is 29.6 Å². The number of carboxylic acid groups (broad SMARTS) is 1. The molecule has 0 spiro atoms. The van der Waals surface area contributed by atoms with Crippen LogP contribution in [0.2, 0.25) is 0 Å². The average molecular weight is 266 g/mol. The molecule has 6 heteroatoms. The maximum atomic E-state index is 13.1. The van der Waals surface area contributed by atoms with E-state index in [4.69, 9.17) is 5.11 Å². The van der Waals surface area contributed by atoms with Crippen molar-refractivity contribution in [2.75, 3.05) is 5.32 Å². The number of anilines is 1. The Hall–Kier alpha value is -2.11. The first-order valence-electron chi connectivity index (χ1n) is 6.02. The van der Waals surface area contributed by atoms with Gasteiger partial charge in [0, 0.05) is 5.54 Å². The lowest BCUT2D eigenvalue weighted by Crippen LogP contribution is -2.52. The third-order valence-corrected chi connectivity index (χ3v) is 3.33. The van der Waals surface area contributed by atoms with Gasteiger partial charge in [0.05, 0.1) is 11.3 Å². The van der Waals surface area contributed by atoms with Gasteiger partial charge in [-0.05, 0) is 44.4 Å². The fraction of sp³-hybridized carbons (Fsp3) is 0.385. The quantitative estimate of drug-likeness (QED) is 0.786. The molecule has 1 fully saturated rings. The lowest BCUT2D eigenvalue weighted by molar-refractivity contribution is 0.0698. The van der Waals surface area contributed by atoms with Crippen molar-refractivity contribution in [3.63, 3.8) is 0 Å². The van der Waals surface area contributed by atoms with Crippen LogP contribution in [0.1, 0.15) is 36.5 Å². The van der Waals surface area contributed by atoms with Gasteiger partial charge in [0.25, 0.3) is 0 Å². The molecule has 19 heavy (non-hydrogen) atoms. The van der Waals surface area contributed by atoms with E-state index in [-0.39, 0.29) is 16.8 Å². The summed E-state index contributed by atoms with van der Waals surface area (Å²) in [5, 5.41) is 14.1. The van der Waals surface area contributed by atoms with Crippen LogP contribution in [0.3, 0.4) is 0 Å². The Morgan fingerprint density at radius 2 is 2.05 bits per heavy atom. The number of halogens is 1. The molecule has 2 rings (SSSR count). The Morgan fingerprint density at radius 3 is 2.58 bits per heavy atom. The van der Waals surface area contributed by atoms with Crippen molar-refractivity contribution in [3.8, 4) is 0 Å². The van der Waals surface area contributed by atoms with Gasteiger partial charge in [0.2, 0.25) is 0 Å². The van der Waals surface area contributed by atoms with Gasteiger partial charge in [-0.25, -0.2) is 14.0 Å². The van der Waals surface area contributed by atoms with E-state index >= 15 is 0 Å². The number of hydrogen-bond donors (Lipinski definition) is 3. The standard InChI is InChI=1S/C13H15FN2O3/c1-13(5-2-6-13)16-12(19)15-10-7-8(14)3-4-9(10)11(17)18/h3-4,7H,2,5-6H2,1H3,(H,17,18)(H2,15,16,19). The van der Waals surface area contributed by atoms with E-state index < -0.39 is 17.8 Å². The fourth-order valence-electron chi connectivity index (χ4n) is 2.07. The second-order valence-corrected chi connectivity index (χ2v) is 4.99. The molecule has 0 heterocycles. The molecule has 0 atom stereocenters. The highest BCUT2D eigenvalue weighted by atomic mass is 19.1. The van der Waals surface area contributed by atoms with Crippen LogP contribution >= 0.6 is 0 Å². The van der Waals surface area contributed by atoms with Crippen LogP contribution in [0.25, 0.3) is 0 Å². The minimum Gasteiger partial charge on any atom is -0.478 e. The molecule has 1 aliphatic carbocycles. The van der Waals surface area contributed by atoms with Gasteiger partial charge in [-0.15, -0.1) is 0 Å². The smallest absolute Gasteiger partial charge is 0.337 e. The highest BCUT2D eigenvalue weighted by Gasteiger charge is 2.33. The second kappa shape index (κ2) is 4.87. The van der Waals surface area contributed by atoms with Crippen LogP contribution in [0.4, 0.5) is 14.9 Å². The Morgan fingerprint density at radius 1 is 1.37 bits per heavy atom. The minimum atomic E-state index is -1.22. The van der Waals surface area contributed by atoms with E-state index in [1.54, 1.807) is 0 Å². The number of aromatic carboxylic acids is 1. The van der Waals surface area contributed by atoms with E-state index in [2.05, 4.69) is 10.6 Å². The lowest BCUT2D eigenvalue weighted by Gasteiger charge is -2.39. The molecule has 0 aliphatic heterocycles. The van der Waals surface area contributed by atoms with Crippen LogP contribution in [0, 0.1) is 5.82 Å². The molecule has 0 bridgehead atoms. The predicted molar refractivity (Wildman–Crippen MR) is 67.8 cm³/mol. The van der Waals surface area contributed by atoms with E-state index in [9.17, 15) is 14.0 Å².